The van der Waals surface area contributed by atoms with Gasteiger partial charge in [0.1, 0.15) is 5.75 Å². The lowest BCUT2D eigenvalue weighted by Gasteiger charge is -2.12. The zero-order chi connectivity index (χ0) is 21.5. The van der Waals surface area contributed by atoms with Crippen molar-refractivity contribution in [3.8, 4) is 28.0 Å². The molecule has 150 valence electrons. The van der Waals surface area contributed by atoms with Crippen molar-refractivity contribution in [1.82, 2.24) is 0 Å². The quantitative estimate of drug-likeness (QED) is 0.269. The van der Waals surface area contributed by atoms with Crippen LogP contribution in [0, 0.1) is 0 Å². The molecule has 0 bridgehead atoms. The van der Waals surface area contributed by atoms with Crippen LogP contribution in [0.15, 0.2) is 91.0 Å². The van der Waals surface area contributed by atoms with Gasteiger partial charge in [0.2, 0.25) is 0 Å². The van der Waals surface area contributed by atoms with E-state index in [4.69, 9.17) is 24.9 Å². The molecule has 0 atom stereocenters. The average Bonchev–Trinajstić information content (AvgIpc) is 2.73. The fraction of sp³-hybridized carbons (Fsp3) is 0. The molecule has 0 unspecified atom stereocenters. The van der Waals surface area contributed by atoms with Gasteiger partial charge in [0.05, 0.1) is 0 Å². The van der Waals surface area contributed by atoms with Gasteiger partial charge in [0.25, 0.3) is 0 Å². The number of hydrogen-bond acceptors (Lipinski definition) is 3. The molecule has 6 heteroatoms. The summed E-state index contributed by atoms with van der Waals surface area (Å²) < 4.78 is 4.98. The van der Waals surface area contributed by atoms with Crippen LogP contribution < -0.4 is 4.74 Å². The summed E-state index contributed by atoms with van der Waals surface area (Å²) in [5.41, 5.74) is 3.74. The Morgan fingerprint density at radius 2 is 1.17 bits per heavy atom. The van der Waals surface area contributed by atoms with Crippen LogP contribution in [-0.4, -0.2) is 27.6 Å². The Morgan fingerprint density at radius 3 is 1.83 bits per heavy atom. The summed E-state index contributed by atoms with van der Waals surface area (Å²) in [6.07, 6.45) is -3.15. The van der Waals surface area contributed by atoms with Crippen LogP contribution in [0.5, 0.6) is 5.75 Å². The summed E-state index contributed by atoms with van der Waals surface area (Å²) >= 11 is 0. The lowest BCUT2D eigenvalue weighted by molar-refractivity contribution is 0.136. The third-order valence-corrected chi connectivity index (χ3v) is 4.34. The lowest BCUT2D eigenvalue weighted by atomic mass is 9.96. The first-order valence-corrected chi connectivity index (χ1v) is 8.95. The number of carbonyl (C=O) groups is 2. The molecule has 0 aliphatic rings. The van der Waals surface area contributed by atoms with Crippen LogP contribution >= 0.6 is 0 Å². The number of ether oxygens (including phenoxy) is 1. The van der Waals surface area contributed by atoms with Crippen LogP contribution in [0.25, 0.3) is 33.0 Å². The summed E-state index contributed by atoms with van der Waals surface area (Å²) in [6, 6.07) is 29.7. The van der Waals surface area contributed by atoms with E-state index in [2.05, 4.69) is 30.3 Å². The summed E-state index contributed by atoms with van der Waals surface area (Å²) in [4.78, 5) is 19.6. The van der Waals surface area contributed by atoms with Crippen LogP contribution in [0.1, 0.15) is 0 Å². The maximum atomic E-state index is 11.0. The molecular weight excluding hydrogens is 384 g/mol. The number of carboxylic acid groups (broad SMARTS) is 3. The SMILES string of the molecule is O=C(O)O.O=C(O)Oc1ccc(-c2ccc3ccccc3c2)cc1-c1ccccc1. The van der Waals surface area contributed by atoms with Crippen molar-refractivity contribution in [1.29, 1.82) is 0 Å². The molecule has 0 spiro atoms. The van der Waals surface area contributed by atoms with Gasteiger partial charge < -0.3 is 20.1 Å². The van der Waals surface area contributed by atoms with Crippen LogP contribution in [-0.2, 0) is 0 Å². The molecular formula is C24H18O6. The summed E-state index contributed by atoms with van der Waals surface area (Å²) in [7, 11) is 0. The van der Waals surface area contributed by atoms with Gasteiger partial charge in [-0.25, -0.2) is 9.59 Å². The van der Waals surface area contributed by atoms with Crippen molar-refractivity contribution < 1.29 is 29.6 Å². The van der Waals surface area contributed by atoms with Crippen LogP contribution in [0.2, 0.25) is 0 Å². The van der Waals surface area contributed by atoms with Gasteiger partial charge >= 0.3 is 12.3 Å². The van der Waals surface area contributed by atoms with E-state index in [0.29, 0.717) is 5.75 Å². The molecule has 4 aromatic carbocycles. The fourth-order valence-electron chi connectivity index (χ4n) is 3.10. The molecule has 4 rings (SSSR count). The van der Waals surface area contributed by atoms with E-state index in [1.165, 1.54) is 5.39 Å². The summed E-state index contributed by atoms with van der Waals surface area (Å²) in [5, 5.41) is 25.3. The van der Waals surface area contributed by atoms with Gasteiger partial charge in [-0.1, -0.05) is 72.8 Å². The molecule has 0 fully saturated rings. The second-order valence-electron chi connectivity index (χ2n) is 6.29. The highest BCUT2D eigenvalue weighted by atomic mass is 16.7. The Morgan fingerprint density at radius 1 is 0.600 bits per heavy atom. The number of benzene rings is 4. The predicted molar refractivity (Wildman–Crippen MR) is 114 cm³/mol. The highest BCUT2D eigenvalue weighted by Crippen LogP contribution is 2.35. The van der Waals surface area contributed by atoms with E-state index in [-0.39, 0.29) is 0 Å². The van der Waals surface area contributed by atoms with Crippen molar-refractivity contribution in [3.63, 3.8) is 0 Å². The Bertz CT molecular complexity index is 1180. The minimum absolute atomic E-state index is 0.327. The van der Waals surface area contributed by atoms with Gasteiger partial charge in [-0.3, -0.25) is 0 Å². The Balaban J connectivity index is 0.000000589. The van der Waals surface area contributed by atoms with E-state index in [9.17, 15) is 4.79 Å². The van der Waals surface area contributed by atoms with E-state index in [0.717, 1.165) is 27.6 Å². The Hall–Kier alpha value is -4.32. The van der Waals surface area contributed by atoms with Crippen LogP contribution in [0.3, 0.4) is 0 Å². The molecule has 3 N–H and O–H groups in total. The van der Waals surface area contributed by atoms with Crippen molar-refractivity contribution in [2.24, 2.45) is 0 Å². The second kappa shape index (κ2) is 9.25. The lowest BCUT2D eigenvalue weighted by Crippen LogP contribution is -2.04. The zero-order valence-electron chi connectivity index (χ0n) is 15.7. The minimum atomic E-state index is -1.83. The number of rotatable bonds is 3. The normalized spacial score (nSPS) is 10.0. The molecule has 4 aromatic rings. The van der Waals surface area contributed by atoms with Gasteiger partial charge in [-0.15, -0.1) is 0 Å². The zero-order valence-corrected chi connectivity index (χ0v) is 15.7. The fourth-order valence-corrected chi connectivity index (χ4v) is 3.10. The molecule has 0 aromatic heterocycles. The first kappa shape index (κ1) is 20.4. The van der Waals surface area contributed by atoms with E-state index in [1.807, 2.05) is 54.6 Å². The highest BCUT2D eigenvalue weighted by Gasteiger charge is 2.12. The van der Waals surface area contributed by atoms with E-state index < -0.39 is 12.3 Å². The maximum absolute atomic E-state index is 11.0. The van der Waals surface area contributed by atoms with E-state index in [1.54, 1.807) is 6.07 Å². The molecule has 0 saturated carbocycles. The molecule has 0 amide bonds. The van der Waals surface area contributed by atoms with Gasteiger partial charge in [-0.05, 0) is 45.7 Å². The summed E-state index contributed by atoms with van der Waals surface area (Å²) in [5.74, 6) is 0.327. The third-order valence-electron chi connectivity index (χ3n) is 4.34. The largest absolute Gasteiger partial charge is 0.511 e. The monoisotopic (exact) mass is 402 g/mol. The molecule has 0 heterocycles. The Kier molecular flexibility index (Phi) is 6.29. The third kappa shape index (κ3) is 5.14. The first-order valence-electron chi connectivity index (χ1n) is 8.95. The van der Waals surface area contributed by atoms with E-state index >= 15 is 0 Å². The highest BCUT2D eigenvalue weighted by molar-refractivity contribution is 5.88. The standard InChI is InChI=1S/C23H16O3.CH2O3/c24-23(25)26-22-13-12-20(15-21(22)17-7-2-1-3-8-17)19-11-10-16-6-4-5-9-18(16)14-19;2-1(3)4/h1-15H,(H,24,25);(H2,2,3,4). The molecule has 0 aliphatic carbocycles. The maximum Gasteiger partial charge on any atom is 0.511 e. The Labute approximate surface area is 172 Å². The van der Waals surface area contributed by atoms with Crippen molar-refractivity contribution >= 4 is 23.1 Å². The topological polar surface area (TPSA) is 104 Å². The molecule has 0 radical (unpaired) electrons. The number of hydrogen-bond donors (Lipinski definition) is 3. The van der Waals surface area contributed by atoms with Crippen molar-refractivity contribution in [2.45, 2.75) is 0 Å². The van der Waals surface area contributed by atoms with Crippen molar-refractivity contribution in [3.05, 3.63) is 91.0 Å². The smallest absolute Gasteiger partial charge is 0.450 e. The summed E-state index contributed by atoms with van der Waals surface area (Å²) in [6.45, 7) is 0. The van der Waals surface area contributed by atoms with Gasteiger partial charge in [-0.2, -0.15) is 0 Å². The minimum Gasteiger partial charge on any atom is -0.450 e. The predicted octanol–water partition coefficient (Wildman–Crippen LogP) is 6.45. The first-order chi connectivity index (χ1) is 14.4. The molecule has 0 saturated heterocycles. The average molecular weight is 402 g/mol. The van der Waals surface area contributed by atoms with Gasteiger partial charge in [0.15, 0.2) is 0 Å². The molecule has 6 nitrogen and oxygen atoms in total. The number of fused-ring (bicyclic) bond motifs is 1. The second-order valence-corrected chi connectivity index (χ2v) is 6.29. The van der Waals surface area contributed by atoms with Crippen LogP contribution in [0.4, 0.5) is 9.59 Å². The molecule has 0 aliphatic heterocycles. The molecule has 30 heavy (non-hydrogen) atoms. The van der Waals surface area contributed by atoms with Crippen molar-refractivity contribution in [2.75, 3.05) is 0 Å². The van der Waals surface area contributed by atoms with Gasteiger partial charge in [0, 0.05) is 5.56 Å².